The number of carbonyl (C=O) groups excluding carboxylic acids is 1. The van der Waals surface area contributed by atoms with E-state index in [0.29, 0.717) is 17.9 Å². The molecule has 0 aliphatic heterocycles. The molecule has 0 radical (unpaired) electrons. The number of benzene rings is 2. The minimum atomic E-state index is -3.47. The van der Waals surface area contributed by atoms with Gasteiger partial charge < -0.3 is 10.1 Å². The number of hydrogen-bond acceptors (Lipinski definition) is 4. The van der Waals surface area contributed by atoms with Crippen LogP contribution in [0.2, 0.25) is 0 Å². The maximum absolute atomic E-state index is 12.4. The molecule has 0 saturated heterocycles. The minimum Gasteiger partial charge on any atom is -0.497 e. The first-order valence-corrected chi connectivity index (χ1v) is 11.2. The van der Waals surface area contributed by atoms with Gasteiger partial charge in [0.1, 0.15) is 5.75 Å². The van der Waals surface area contributed by atoms with Crippen molar-refractivity contribution in [1.82, 2.24) is 5.32 Å². The molecule has 2 aromatic carbocycles. The molecule has 6 nitrogen and oxygen atoms in total. The third kappa shape index (κ3) is 6.27. The molecular formula is C21H28N2O4S. The summed E-state index contributed by atoms with van der Waals surface area (Å²) in [7, 11) is -1.93. The molecule has 152 valence electrons. The molecule has 0 aromatic heterocycles. The molecule has 0 fully saturated rings. The van der Waals surface area contributed by atoms with Crippen LogP contribution in [0, 0.1) is 0 Å². The molecule has 28 heavy (non-hydrogen) atoms. The van der Waals surface area contributed by atoms with Gasteiger partial charge in [0.25, 0.3) is 0 Å². The summed E-state index contributed by atoms with van der Waals surface area (Å²) in [4.78, 5) is 12.4. The largest absolute Gasteiger partial charge is 0.497 e. The van der Waals surface area contributed by atoms with E-state index in [9.17, 15) is 13.2 Å². The molecule has 0 spiro atoms. The zero-order valence-electron chi connectivity index (χ0n) is 16.6. The first kappa shape index (κ1) is 21.8. The van der Waals surface area contributed by atoms with Crippen LogP contribution in [0.25, 0.3) is 0 Å². The van der Waals surface area contributed by atoms with E-state index in [0.717, 1.165) is 18.2 Å². The van der Waals surface area contributed by atoms with Gasteiger partial charge in [0.15, 0.2) is 0 Å². The summed E-state index contributed by atoms with van der Waals surface area (Å²) in [6.45, 7) is 2.24. The zero-order valence-corrected chi connectivity index (χ0v) is 17.4. The van der Waals surface area contributed by atoms with Crippen molar-refractivity contribution in [3.8, 4) is 5.75 Å². The number of ether oxygens (including phenoxy) is 1. The first-order chi connectivity index (χ1) is 13.3. The van der Waals surface area contributed by atoms with Crippen LogP contribution in [0.5, 0.6) is 5.75 Å². The van der Waals surface area contributed by atoms with E-state index in [4.69, 9.17) is 4.74 Å². The lowest BCUT2D eigenvalue weighted by Gasteiger charge is -2.23. The van der Waals surface area contributed by atoms with Crippen LogP contribution in [0.3, 0.4) is 0 Å². The molecule has 0 bridgehead atoms. The van der Waals surface area contributed by atoms with Crippen molar-refractivity contribution < 1.29 is 17.9 Å². The lowest BCUT2D eigenvalue weighted by molar-refractivity contribution is -0.121. The van der Waals surface area contributed by atoms with Crippen molar-refractivity contribution in [3.05, 3.63) is 60.2 Å². The van der Waals surface area contributed by atoms with Crippen LogP contribution < -0.4 is 14.4 Å². The molecule has 0 saturated carbocycles. The smallest absolute Gasteiger partial charge is 0.232 e. The number of amides is 1. The van der Waals surface area contributed by atoms with Crippen LogP contribution in [-0.2, 0) is 14.8 Å². The quantitative estimate of drug-likeness (QED) is 0.657. The molecule has 1 N–H and O–H groups in total. The maximum Gasteiger partial charge on any atom is 0.232 e. The average Bonchev–Trinajstić information content (AvgIpc) is 2.69. The molecule has 0 aliphatic carbocycles. The van der Waals surface area contributed by atoms with Gasteiger partial charge in [0.05, 0.1) is 25.1 Å². The molecular weight excluding hydrogens is 376 g/mol. The Morgan fingerprint density at radius 3 is 2.46 bits per heavy atom. The highest BCUT2D eigenvalue weighted by molar-refractivity contribution is 7.92. The van der Waals surface area contributed by atoms with E-state index >= 15 is 0 Å². The average molecular weight is 405 g/mol. The Morgan fingerprint density at radius 1 is 1.14 bits per heavy atom. The number of anilines is 1. The van der Waals surface area contributed by atoms with Crippen LogP contribution in [0.1, 0.15) is 37.8 Å². The molecule has 1 atom stereocenters. The second-order valence-electron chi connectivity index (χ2n) is 6.58. The predicted molar refractivity (Wildman–Crippen MR) is 112 cm³/mol. The van der Waals surface area contributed by atoms with E-state index in [1.54, 1.807) is 24.3 Å². The van der Waals surface area contributed by atoms with Gasteiger partial charge in [-0.25, -0.2) is 8.42 Å². The fourth-order valence-electron chi connectivity index (χ4n) is 3.01. The standard InChI is InChI=1S/C21H28N2O4S/c1-4-20(17-10-6-5-7-11-17)22-21(24)14-9-15-23(28(3,25)26)18-12-8-13-19(16-18)27-2/h5-8,10-13,16,20H,4,9,14-15H2,1-3H3,(H,22,24). The van der Waals surface area contributed by atoms with Gasteiger partial charge in [0.2, 0.25) is 15.9 Å². The molecule has 2 aromatic rings. The Kier molecular flexibility index (Phi) is 7.87. The molecule has 0 aliphatic rings. The summed E-state index contributed by atoms with van der Waals surface area (Å²) in [6.07, 6.45) is 2.62. The SMILES string of the molecule is CCC(NC(=O)CCCN(c1cccc(OC)c1)S(C)(=O)=O)c1ccccc1. The van der Waals surface area contributed by atoms with Gasteiger partial charge in [-0.2, -0.15) is 0 Å². The summed E-state index contributed by atoms with van der Waals surface area (Å²) in [5.74, 6) is 0.493. The van der Waals surface area contributed by atoms with Gasteiger partial charge in [-0.05, 0) is 30.5 Å². The van der Waals surface area contributed by atoms with Crippen molar-refractivity contribution in [2.45, 2.75) is 32.2 Å². The van der Waals surface area contributed by atoms with E-state index in [2.05, 4.69) is 5.32 Å². The van der Waals surface area contributed by atoms with Gasteiger partial charge >= 0.3 is 0 Å². The lowest BCUT2D eigenvalue weighted by Crippen LogP contribution is -2.33. The highest BCUT2D eigenvalue weighted by atomic mass is 32.2. The predicted octanol–water partition coefficient (Wildman–Crippen LogP) is 3.51. The summed E-state index contributed by atoms with van der Waals surface area (Å²) < 4.78 is 30.9. The Labute approximate surface area is 167 Å². The minimum absolute atomic E-state index is 0.0434. The molecule has 1 amide bonds. The number of hydrogen-bond donors (Lipinski definition) is 1. The number of sulfonamides is 1. The fourth-order valence-corrected chi connectivity index (χ4v) is 3.97. The highest BCUT2D eigenvalue weighted by Gasteiger charge is 2.19. The Morgan fingerprint density at radius 2 is 1.86 bits per heavy atom. The summed E-state index contributed by atoms with van der Waals surface area (Å²) in [5.41, 5.74) is 1.59. The lowest BCUT2D eigenvalue weighted by atomic mass is 10.0. The Hall–Kier alpha value is -2.54. The van der Waals surface area contributed by atoms with Crippen molar-refractivity contribution in [1.29, 1.82) is 0 Å². The van der Waals surface area contributed by atoms with Gasteiger partial charge in [0, 0.05) is 19.0 Å². The van der Waals surface area contributed by atoms with E-state index in [1.165, 1.54) is 11.4 Å². The molecule has 1 unspecified atom stereocenters. The summed E-state index contributed by atoms with van der Waals surface area (Å²) in [5, 5.41) is 3.03. The van der Waals surface area contributed by atoms with Crippen molar-refractivity contribution in [2.75, 3.05) is 24.2 Å². The normalized spacial score (nSPS) is 12.2. The number of nitrogens with zero attached hydrogens (tertiary/aromatic N) is 1. The third-order valence-electron chi connectivity index (χ3n) is 4.45. The Bertz CT molecular complexity index is 869. The van der Waals surface area contributed by atoms with E-state index in [-0.39, 0.29) is 24.9 Å². The number of nitrogens with one attached hydrogen (secondary N) is 1. The fraction of sp³-hybridized carbons (Fsp3) is 0.381. The van der Waals surface area contributed by atoms with E-state index in [1.807, 2.05) is 37.3 Å². The Balaban J connectivity index is 1.97. The molecule has 7 heteroatoms. The monoisotopic (exact) mass is 404 g/mol. The van der Waals surface area contributed by atoms with Gasteiger partial charge in [-0.1, -0.05) is 43.3 Å². The van der Waals surface area contributed by atoms with E-state index < -0.39 is 10.0 Å². The van der Waals surface area contributed by atoms with Crippen molar-refractivity contribution >= 4 is 21.6 Å². The van der Waals surface area contributed by atoms with Crippen LogP contribution in [0.4, 0.5) is 5.69 Å². The number of methoxy groups -OCH3 is 1. The number of rotatable bonds is 10. The summed E-state index contributed by atoms with van der Waals surface area (Å²) >= 11 is 0. The van der Waals surface area contributed by atoms with Crippen LogP contribution in [0.15, 0.2) is 54.6 Å². The van der Waals surface area contributed by atoms with Gasteiger partial charge in [-0.3, -0.25) is 9.10 Å². The zero-order chi connectivity index (χ0) is 20.6. The molecule has 0 heterocycles. The first-order valence-electron chi connectivity index (χ1n) is 9.31. The summed E-state index contributed by atoms with van der Waals surface area (Å²) in [6, 6.07) is 16.6. The van der Waals surface area contributed by atoms with Crippen molar-refractivity contribution in [3.63, 3.8) is 0 Å². The second-order valence-corrected chi connectivity index (χ2v) is 8.49. The van der Waals surface area contributed by atoms with Crippen LogP contribution >= 0.6 is 0 Å². The topological polar surface area (TPSA) is 75.7 Å². The van der Waals surface area contributed by atoms with Crippen LogP contribution in [-0.4, -0.2) is 34.2 Å². The van der Waals surface area contributed by atoms with Gasteiger partial charge in [-0.15, -0.1) is 0 Å². The number of carbonyl (C=O) groups is 1. The third-order valence-corrected chi connectivity index (χ3v) is 5.65. The maximum atomic E-state index is 12.4. The molecule has 2 rings (SSSR count). The highest BCUT2D eigenvalue weighted by Crippen LogP contribution is 2.23. The second kappa shape index (κ2) is 10.1. The van der Waals surface area contributed by atoms with Crippen molar-refractivity contribution in [2.24, 2.45) is 0 Å².